The summed E-state index contributed by atoms with van der Waals surface area (Å²) in [6.45, 7) is 12.8. The Morgan fingerprint density at radius 1 is 1.12 bits per heavy atom. The summed E-state index contributed by atoms with van der Waals surface area (Å²) in [5.41, 5.74) is 0. The van der Waals surface area contributed by atoms with Crippen molar-refractivity contribution in [3.05, 3.63) is 38.0 Å². The van der Waals surface area contributed by atoms with Crippen molar-refractivity contribution >= 4 is 5.97 Å². The maximum atomic E-state index is 10.9. The maximum absolute atomic E-state index is 10.9. The molecule has 0 aliphatic heterocycles. The third-order valence-electron chi connectivity index (χ3n) is 2.17. The van der Waals surface area contributed by atoms with Crippen LogP contribution in [0.4, 0.5) is 0 Å². The zero-order valence-electron chi connectivity index (χ0n) is 10.6. The first-order valence-corrected chi connectivity index (χ1v) is 5.75. The average molecular weight is 238 g/mol. The first kappa shape index (κ1) is 15.7. The van der Waals surface area contributed by atoms with Gasteiger partial charge in [0.1, 0.15) is 6.10 Å². The largest absolute Gasteiger partial charge is 0.462 e. The van der Waals surface area contributed by atoms with E-state index in [1.165, 1.54) is 6.92 Å². The van der Waals surface area contributed by atoms with E-state index in [0.717, 1.165) is 6.42 Å². The van der Waals surface area contributed by atoms with Crippen molar-refractivity contribution in [2.24, 2.45) is 0 Å². The van der Waals surface area contributed by atoms with Crippen LogP contribution >= 0.6 is 0 Å². The Morgan fingerprint density at radius 2 is 1.71 bits per heavy atom. The highest BCUT2D eigenvalue weighted by Crippen LogP contribution is 2.14. The minimum absolute atomic E-state index is 0.00481. The van der Waals surface area contributed by atoms with Gasteiger partial charge in [0.05, 0.1) is 12.7 Å². The molecule has 0 fully saturated rings. The Labute approximate surface area is 104 Å². The summed E-state index contributed by atoms with van der Waals surface area (Å²) in [4.78, 5) is 10.9. The van der Waals surface area contributed by atoms with Gasteiger partial charge in [-0.15, -0.1) is 19.7 Å². The number of esters is 1. The van der Waals surface area contributed by atoms with Crippen LogP contribution in [-0.4, -0.2) is 24.8 Å². The smallest absolute Gasteiger partial charge is 0.302 e. The van der Waals surface area contributed by atoms with E-state index in [-0.39, 0.29) is 18.2 Å². The van der Waals surface area contributed by atoms with Crippen molar-refractivity contribution < 1.29 is 14.3 Å². The molecule has 0 aliphatic carbocycles. The number of carbonyl (C=O) groups is 1. The van der Waals surface area contributed by atoms with Crippen LogP contribution in [0.25, 0.3) is 0 Å². The first-order valence-electron chi connectivity index (χ1n) is 5.75. The molecule has 0 rings (SSSR count). The SMILES string of the molecule is C=CCO[C@H](CC=C)C[C@@H](CC=C)OC(C)=O. The number of carbonyl (C=O) groups excluding carboxylic acids is 1. The van der Waals surface area contributed by atoms with E-state index in [1.807, 2.05) is 0 Å². The molecule has 0 saturated heterocycles. The molecule has 3 heteroatoms. The van der Waals surface area contributed by atoms with Gasteiger partial charge in [0.15, 0.2) is 0 Å². The molecule has 0 aromatic rings. The second-order valence-corrected chi connectivity index (χ2v) is 3.76. The highest BCUT2D eigenvalue weighted by atomic mass is 16.5. The van der Waals surface area contributed by atoms with Gasteiger partial charge in [0.25, 0.3) is 0 Å². The molecule has 0 aliphatic rings. The standard InChI is InChI=1S/C14H22O3/c1-5-8-13(16-10-7-3)11-14(9-6-2)17-12(4)15/h5-7,13-14H,1-3,8-11H2,4H3/t13-,14-/m1/s1. The van der Waals surface area contributed by atoms with Crippen molar-refractivity contribution in [3.63, 3.8) is 0 Å². The van der Waals surface area contributed by atoms with Gasteiger partial charge in [-0.3, -0.25) is 4.79 Å². The number of hydrogen-bond donors (Lipinski definition) is 0. The molecule has 0 bridgehead atoms. The highest BCUT2D eigenvalue weighted by molar-refractivity contribution is 5.66. The molecule has 96 valence electrons. The number of rotatable bonds is 10. The van der Waals surface area contributed by atoms with E-state index in [0.29, 0.717) is 19.4 Å². The third kappa shape index (κ3) is 8.46. The van der Waals surface area contributed by atoms with Crippen LogP contribution in [0.15, 0.2) is 38.0 Å². The fraction of sp³-hybridized carbons (Fsp3) is 0.500. The fourth-order valence-corrected chi connectivity index (χ4v) is 1.53. The lowest BCUT2D eigenvalue weighted by Gasteiger charge is -2.21. The van der Waals surface area contributed by atoms with Crippen LogP contribution in [0.3, 0.4) is 0 Å². The van der Waals surface area contributed by atoms with Crippen molar-refractivity contribution in [2.75, 3.05) is 6.61 Å². The average Bonchev–Trinajstić information content (AvgIpc) is 2.25. The predicted molar refractivity (Wildman–Crippen MR) is 69.7 cm³/mol. The summed E-state index contributed by atoms with van der Waals surface area (Å²) in [7, 11) is 0. The van der Waals surface area contributed by atoms with Crippen molar-refractivity contribution in [3.8, 4) is 0 Å². The summed E-state index contributed by atoms with van der Waals surface area (Å²) in [5.74, 6) is -0.280. The zero-order chi connectivity index (χ0) is 13.1. The quantitative estimate of drug-likeness (QED) is 0.433. The normalized spacial score (nSPS) is 13.5. The minimum atomic E-state index is -0.280. The van der Waals surface area contributed by atoms with Gasteiger partial charge in [-0.25, -0.2) is 0 Å². The lowest BCUT2D eigenvalue weighted by Crippen LogP contribution is -2.24. The van der Waals surface area contributed by atoms with Crippen LogP contribution in [0.5, 0.6) is 0 Å². The van der Waals surface area contributed by atoms with Gasteiger partial charge in [-0.1, -0.05) is 18.2 Å². The molecule has 0 radical (unpaired) electrons. The molecule has 0 unspecified atom stereocenters. The van der Waals surface area contributed by atoms with Gasteiger partial charge in [0, 0.05) is 19.8 Å². The van der Waals surface area contributed by atoms with Gasteiger partial charge >= 0.3 is 5.97 Å². The van der Waals surface area contributed by atoms with Crippen LogP contribution in [-0.2, 0) is 14.3 Å². The van der Waals surface area contributed by atoms with E-state index < -0.39 is 0 Å². The van der Waals surface area contributed by atoms with E-state index >= 15 is 0 Å². The van der Waals surface area contributed by atoms with Gasteiger partial charge in [-0.05, 0) is 6.42 Å². The topological polar surface area (TPSA) is 35.5 Å². The molecule has 0 aromatic heterocycles. The summed E-state index contributed by atoms with van der Waals surface area (Å²) in [6, 6.07) is 0. The summed E-state index contributed by atoms with van der Waals surface area (Å²) >= 11 is 0. The van der Waals surface area contributed by atoms with E-state index in [9.17, 15) is 4.79 Å². The fourth-order valence-electron chi connectivity index (χ4n) is 1.53. The molecule has 0 saturated carbocycles. The van der Waals surface area contributed by atoms with E-state index in [2.05, 4.69) is 19.7 Å². The molecular formula is C14H22O3. The molecule has 2 atom stereocenters. The van der Waals surface area contributed by atoms with Gasteiger partial charge < -0.3 is 9.47 Å². The van der Waals surface area contributed by atoms with Gasteiger partial charge in [0.2, 0.25) is 0 Å². The Balaban J connectivity index is 4.30. The molecule has 17 heavy (non-hydrogen) atoms. The highest BCUT2D eigenvalue weighted by Gasteiger charge is 2.17. The lowest BCUT2D eigenvalue weighted by atomic mass is 10.1. The first-order chi connectivity index (χ1) is 8.13. The maximum Gasteiger partial charge on any atom is 0.302 e. The molecular weight excluding hydrogens is 216 g/mol. The molecule has 0 heterocycles. The molecule has 0 N–H and O–H groups in total. The zero-order valence-corrected chi connectivity index (χ0v) is 10.6. The Morgan fingerprint density at radius 3 is 2.18 bits per heavy atom. The number of ether oxygens (including phenoxy) is 2. The molecule has 3 nitrogen and oxygen atoms in total. The second-order valence-electron chi connectivity index (χ2n) is 3.76. The van der Waals surface area contributed by atoms with Crippen molar-refractivity contribution in [1.29, 1.82) is 0 Å². The summed E-state index contributed by atoms with van der Waals surface area (Å²) in [6.07, 6.45) is 7.05. The molecule has 0 aromatic carbocycles. The number of hydrogen-bond acceptors (Lipinski definition) is 3. The Bertz CT molecular complexity index is 258. The van der Waals surface area contributed by atoms with Crippen molar-refractivity contribution in [1.82, 2.24) is 0 Å². The molecule has 0 spiro atoms. The Kier molecular flexibility index (Phi) is 9.06. The second kappa shape index (κ2) is 9.85. The third-order valence-corrected chi connectivity index (χ3v) is 2.17. The lowest BCUT2D eigenvalue weighted by molar-refractivity contribution is -0.147. The van der Waals surface area contributed by atoms with E-state index in [1.54, 1.807) is 18.2 Å². The van der Waals surface area contributed by atoms with Crippen molar-refractivity contribution in [2.45, 2.75) is 38.4 Å². The van der Waals surface area contributed by atoms with Gasteiger partial charge in [-0.2, -0.15) is 0 Å². The van der Waals surface area contributed by atoms with Crippen LogP contribution < -0.4 is 0 Å². The Hall–Kier alpha value is -1.35. The van der Waals surface area contributed by atoms with Crippen LogP contribution in [0.1, 0.15) is 26.2 Å². The predicted octanol–water partition coefficient (Wildman–Crippen LogP) is 3.03. The minimum Gasteiger partial charge on any atom is -0.462 e. The van der Waals surface area contributed by atoms with Crippen LogP contribution in [0, 0.1) is 0 Å². The monoisotopic (exact) mass is 238 g/mol. The summed E-state index contributed by atoms with van der Waals surface area (Å²) < 4.78 is 10.8. The van der Waals surface area contributed by atoms with E-state index in [4.69, 9.17) is 9.47 Å². The van der Waals surface area contributed by atoms with Crippen LogP contribution in [0.2, 0.25) is 0 Å². The molecule has 0 amide bonds. The summed E-state index contributed by atoms with van der Waals surface area (Å²) in [5, 5.41) is 0.